The molecule has 2 aromatic heterocycles. The average Bonchev–Trinajstić information content (AvgIpc) is 3.01. The van der Waals surface area contributed by atoms with Gasteiger partial charge in [-0.05, 0) is 35.4 Å². The Bertz CT molecular complexity index is 826. The number of thiazole rings is 1. The number of nitriles is 2. The van der Waals surface area contributed by atoms with Gasteiger partial charge in [-0.25, -0.2) is 0 Å². The van der Waals surface area contributed by atoms with Gasteiger partial charge in [-0.2, -0.15) is 21.9 Å². The van der Waals surface area contributed by atoms with Crippen molar-refractivity contribution in [2.45, 2.75) is 13.5 Å². The summed E-state index contributed by atoms with van der Waals surface area (Å²) in [5.41, 5.74) is 0.777. The Labute approximate surface area is 117 Å². The van der Waals surface area contributed by atoms with Crippen LogP contribution >= 0.6 is 22.7 Å². The highest BCUT2D eigenvalue weighted by molar-refractivity contribution is 7.08. The number of hydrogen-bond acceptors (Lipinski definition) is 5. The van der Waals surface area contributed by atoms with Gasteiger partial charge in [0.1, 0.15) is 16.8 Å². The van der Waals surface area contributed by atoms with Crippen molar-refractivity contribution in [3.8, 4) is 12.1 Å². The van der Waals surface area contributed by atoms with Gasteiger partial charge in [0.15, 0.2) is 5.57 Å². The molecule has 0 spiro atoms. The summed E-state index contributed by atoms with van der Waals surface area (Å²) >= 11 is 2.74. The van der Waals surface area contributed by atoms with E-state index >= 15 is 0 Å². The minimum Gasteiger partial charge on any atom is -0.298 e. The topological polar surface area (TPSA) is 69.6 Å². The van der Waals surface area contributed by atoms with Crippen molar-refractivity contribution in [3.05, 3.63) is 41.9 Å². The van der Waals surface area contributed by atoms with Crippen LogP contribution in [0.5, 0.6) is 0 Å². The van der Waals surface area contributed by atoms with Crippen molar-refractivity contribution in [1.29, 1.82) is 10.5 Å². The summed E-state index contributed by atoms with van der Waals surface area (Å²) in [5, 5.41) is 21.7. The molecular formula is C13H9N3OS2. The Hall–Kier alpha value is -2.15. The van der Waals surface area contributed by atoms with Gasteiger partial charge in [0, 0.05) is 6.54 Å². The molecule has 0 N–H and O–H groups in total. The zero-order valence-corrected chi connectivity index (χ0v) is 11.7. The van der Waals surface area contributed by atoms with Crippen LogP contribution < -0.4 is 14.8 Å². The van der Waals surface area contributed by atoms with Crippen LogP contribution in [0.15, 0.2) is 21.6 Å². The summed E-state index contributed by atoms with van der Waals surface area (Å²) in [6.45, 7) is 2.26. The maximum atomic E-state index is 12.2. The lowest BCUT2D eigenvalue weighted by atomic mass is 10.3. The summed E-state index contributed by atoms with van der Waals surface area (Å²) < 4.78 is 2.43. The SMILES string of the molecule is CCn1c(=C(C#N)C#N)s/c(=C\c2ccsc2)c1=O. The van der Waals surface area contributed by atoms with Crippen molar-refractivity contribution < 1.29 is 0 Å². The first-order valence-electron chi connectivity index (χ1n) is 5.49. The third-order valence-corrected chi connectivity index (χ3v) is 4.33. The first kappa shape index (κ1) is 13.3. The zero-order chi connectivity index (χ0) is 13.8. The van der Waals surface area contributed by atoms with E-state index in [2.05, 4.69) is 0 Å². The number of hydrogen-bond donors (Lipinski definition) is 0. The molecule has 0 radical (unpaired) electrons. The molecule has 6 heteroatoms. The van der Waals surface area contributed by atoms with Crippen molar-refractivity contribution in [2.24, 2.45) is 0 Å². The average molecular weight is 287 g/mol. The Morgan fingerprint density at radius 3 is 2.74 bits per heavy atom. The second kappa shape index (κ2) is 5.66. The lowest BCUT2D eigenvalue weighted by molar-refractivity contribution is 0.722. The Morgan fingerprint density at radius 1 is 1.47 bits per heavy atom. The van der Waals surface area contributed by atoms with Gasteiger partial charge in [-0.3, -0.25) is 9.36 Å². The van der Waals surface area contributed by atoms with E-state index in [-0.39, 0.29) is 11.1 Å². The predicted octanol–water partition coefficient (Wildman–Crippen LogP) is 1.02. The number of thiophene rings is 1. The highest BCUT2D eigenvalue weighted by Gasteiger charge is 2.07. The Morgan fingerprint density at radius 2 is 2.21 bits per heavy atom. The molecule has 0 aromatic carbocycles. The summed E-state index contributed by atoms with van der Waals surface area (Å²) in [4.78, 5) is 12.2. The van der Waals surface area contributed by atoms with E-state index in [0.29, 0.717) is 15.7 Å². The quantitative estimate of drug-likeness (QED) is 0.828. The molecule has 0 saturated carbocycles. The molecule has 0 aliphatic heterocycles. The summed E-state index contributed by atoms with van der Waals surface area (Å²) in [6, 6.07) is 5.59. The fourth-order valence-electron chi connectivity index (χ4n) is 1.62. The maximum absolute atomic E-state index is 12.2. The number of aromatic nitrogens is 1. The Balaban J connectivity index is 2.84. The van der Waals surface area contributed by atoms with Gasteiger partial charge in [0.25, 0.3) is 5.56 Å². The zero-order valence-electron chi connectivity index (χ0n) is 10.1. The van der Waals surface area contributed by atoms with Gasteiger partial charge in [-0.1, -0.05) is 0 Å². The number of rotatable bonds is 2. The van der Waals surface area contributed by atoms with Crippen molar-refractivity contribution in [1.82, 2.24) is 4.57 Å². The molecule has 2 rings (SSSR count). The minimum atomic E-state index is -0.156. The van der Waals surface area contributed by atoms with Gasteiger partial charge in [-0.15, -0.1) is 11.3 Å². The molecule has 94 valence electrons. The standard InChI is InChI=1S/C13H9N3OS2/c1-2-16-12(17)11(5-9-3-4-18-8-9)19-13(16)10(6-14)7-15/h3-5,8H,2H2,1H3/b11-5-. The molecule has 0 bridgehead atoms. The van der Waals surface area contributed by atoms with Crippen LogP contribution in [0.25, 0.3) is 11.6 Å². The van der Waals surface area contributed by atoms with Crippen LogP contribution in [0, 0.1) is 22.7 Å². The van der Waals surface area contributed by atoms with Gasteiger partial charge in [0.05, 0.1) is 4.53 Å². The Kier molecular flexibility index (Phi) is 3.96. The van der Waals surface area contributed by atoms with E-state index in [1.807, 2.05) is 35.9 Å². The highest BCUT2D eigenvalue weighted by atomic mass is 32.1. The molecule has 2 heterocycles. The lowest BCUT2D eigenvalue weighted by Gasteiger charge is -1.93. The van der Waals surface area contributed by atoms with E-state index < -0.39 is 0 Å². The second-order valence-corrected chi connectivity index (χ2v) is 5.43. The van der Waals surface area contributed by atoms with Crippen LogP contribution in [-0.4, -0.2) is 4.57 Å². The molecule has 0 amide bonds. The van der Waals surface area contributed by atoms with Crippen molar-refractivity contribution >= 4 is 34.3 Å². The lowest BCUT2D eigenvalue weighted by Crippen LogP contribution is -2.31. The molecule has 0 fully saturated rings. The van der Waals surface area contributed by atoms with Crippen molar-refractivity contribution in [2.75, 3.05) is 0 Å². The molecule has 0 aliphatic carbocycles. The van der Waals surface area contributed by atoms with Gasteiger partial charge < -0.3 is 0 Å². The van der Waals surface area contributed by atoms with Crippen LogP contribution in [-0.2, 0) is 6.54 Å². The second-order valence-electron chi connectivity index (χ2n) is 3.62. The molecule has 4 nitrogen and oxygen atoms in total. The molecular weight excluding hydrogens is 278 g/mol. The van der Waals surface area contributed by atoms with Crippen LogP contribution in [0.3, 0.4) is 0 Å². The number of nitrogens with zero attached hydrogens (tertiary/aromatic N) is 3. The normalized spacial score (nSPS) is 11.0. The summed E-state index contributed by atoms with van der Waals surface area (Å²) in [7, 11) is 0. The fourth-order valence-corrected chi connectivity index (χ4v) is 3.36. The largest absolute Gasteiger partial charge is 0.298 e. The molecule has 0 saturated heterocycles. The van der Waals surface area contributed by atoms with E-state index in [4.69, 9.17) is 10.5 Å². The first-order chi connectivity index (χ1) is 9.21. The van der Waals surface area contributed by atoms with Gasteiger partial charge in [0.2, 0.25) is 0 Å². The van der Waals surface area contributed by atoms with Crippen LogP contribution in [0.1, 0.15) is 12.5 Å². The summed E-state index contributed by atoms with van der Waals surface area (Å²) in [6.07, 6.45) is 1.78. The monoisotopic (exact) mass is 287 g/mol. The van der Waals surface area contributed by atoms with E-state index in [0.717, 1.165) is 5.56 Å². The molecule has 0 atom stereocenters. The molecule has 2 aromatic rings. The van der Waals surface area contributed by atoms with Crippen molar-refractivity contribution in [3.63, 3.8) is 0 Å². The molecule has 0 unspecified atom stereocenters. The van der Waals surface area contributed by atoms with E-state index in [9.17, 15) is 4.79 Å². The fraction of sp³-hybridized carbons (Fsp3) is 0.154. The van der Waals surface area contributed by atoms with E-state index in [1.165, 1.54) is 15.9 Å². The third kappa shape index (κ3) is 2.50. The predicted molar refractivity (Wildman–Crippen MR) is 76.0 cm³/mol. The minimum absolute atomic E-state index is 0.0195. The smallest absolute Gasteiger partial charge is 0.269 e. The first-order valence-corrected chi connectivity index (χ1v) is 7.25. The highest BCUT2D eigenvalue weighted by Crippen LogP contribution is 2.05. The van der Waals surface area contributed by atoms with Crippen LogP contribution in [0.4, 0.5) is 0 Å². The van der Waals surface area contributed by atoms with Crippen LogP contribution in [0.2, 0.25) is 0 Å². The molecule has 19 heavy (non-hydrogen) atoms. The third-order valence-electron chi connectivity index (χ3n) is 2.50. The van der Waals surface area contributed by atoms with E-state index in [1.54, 1.807) is 17.4 Å². The molecule has 0 aliphatic rings. The maximum Gasteiger partial charge on any atom is 0.269 e. The summed E-state index contributed by atoms with van der Waals surface area (Å²) in [5.74, 6) is 0. The van der Waals surface area contributed by atoms with Gasteiger partial charge >= 0.3 is 0 Å².